The van der Waals surface area contributed by atoms with Crippen LogP contribution in [-0.4, -0.2) is 11.2 Å². The number of hydrazone groups is 1. The Bertz CT molecular complexity index is 1110. The lowest BCUT2D eigenvalue weighted by Gasteiger charge is -2.10. The predicted octanol–water partition coefficient (Wildman–Crippen LogP) is 6.87. The first kappa shape index (κ1) is 17.9. The second-order valence-electron chi connectivity index (χ2n) is 6.00. The fraction of sp³-hybridized carbons (Fsp3) is 0. The minimum Gasteiger partial charge on any atom is -0.261 e. The number of nitrogens with zero attached hydrogens (tertiary/aromatic N) is 2. The Kier molecular flexibility index (Phi) is 5.32. The van der Waals surface area contributed by atoms with Crippen molar-refractivity contribution < 1.29 is 0 Å². The van der Waals surface area contributed by atoms with E-state index in [1.54, 1.807) is 6.21 Å². The summed E-state index contributed by atoms with van der Waals surface area (Å²) < 4.78 is 2.07. The molecular weight excluding hydrogens is 466 g/mol. The van der Waals surface area contributed by atoms with Gasteiger partial charge >= 0.3 is 0 Å². The highest BCUT2D eigenvalue weighted by atomic mass is 79.9. The summed E-state index contributed by atoms with van der Waals surface area (Å²) in [5.41, 5.74) is 7.25. The number of anilines is 1. The van der Waals surface area contributed by atoms with Crippen molar-refractivity contribution in [2.45, 2.75) is 0 Å². The molecule has 0 bridgehead atoms. The zero-order chi connectivity index (χ0) is 18.6. The molecule has 0 fully saturated rings. The molecule has 3 aromatic carbocycles. The molecule has 0 amide bonds. The van der Waals surface area contributed by atoms with Gasteiger partial charge in [0.05, 0.1) is 11.7 Å². The van der Waals surface area contributed by atoms with Gasteiger partial charge in [0.25, 0.3) is 0 Å². The predicted molar refractivity (Wildman–Crippen MR) is 120 cm³/mol. The van der Waals surface area contributed by atoms with Gasteiger partial charge < -0.3 is 0 Å². The Morgan fingerprint density at radius 3 is 2.33 bits per heavy atom. The van der Waals surface area contributed by atoms with Crippen LogP contribution in [0.2, 0.25) is 0 Å². The zero-order valence-electron chi connectivity index (χ0n) is 14.2. The molecule has 132 valence electrons. The van der Waals surface area contributed by atoms with Gasteiger partial charge in [0, 0.05) is 14.3 Å². The molecule has 27 heavy (non-hydrogen) atoms. The van der Waals surface area contributed by atoms with E-state index in [1.165, 1.54) is 0 Å². The number of hydrogen-bond donors (Lipinski definition) is 1. The van der Waals surface area contributed by atoms with E-state index < -0.39 is 0 Å². The first-order valence-corrected chi connectivity index (χ1v) is 9.98. The summed E-state index contributed by atoms with van der Waals surface area (Å²) in [5, 5.41) is 5.43. The Morgan fingerprint density at radius 1 is 0.815 bits per heavy atom. The van der Waals surface area contributed by atoms with Crippen LogP contribution >= 0.6 is 31.9 Å². The van der Waals surface area contributed by atoms with Crippen molar-refractivity contribution >= 4 is 54.8 Å². The first-order valence-electron chi connectivity index (χ1n) is 8.39. The van der Waals surface area contributed by atoms with E-state index in [0.717, 1.165) is 36.5 Å². The molecular formula is C22H15Br2N3. The van der Waals surface area contributed by atoms with Crippen molar-refractivity contribution in [3.63, 3.8) is 0 Å². The van der Waals surface area contributed by atoms with E-state index in [0.29, 0.717) is 5.82 Å². The monoisotopic (exact) mass is 479 g/mol. The van der Waals surface area contributed by atoms with Gasteiger partial charge in [-0.3, -0.25) is 5.43 Å². The summed E-state index contributed by atoms with van der Waals surface area (Å²) in [6, 6.07) is 26.4. The number of hydrogen-bond acceptors (Lipinski definition) is 3. The molecule has 0 aliphatic rings. The van der Waals surface area contributed by atoms with Crippen LogP contribution in [0.4, 0.5) is 5.82 Å². The zero-order valence-corrected chi connectivity index (χ0v) is 17.4. The summed E-state index contributed by atoms with van der Waals surface area (Å²) >= 11 is 7.00. The Morgan fingerprint density at radius 2 is 1.56 bits per heavy atom. The van der Waals surface area contributed by atoms with Crippen molar-refractivity contribution in [2.75, 3.05) is 5.43 Å². The minimum atomic E-state index is 0.706. The number of nitrogens with one attached hydrogen (secondary N) is 1. The minimum absolute atomic E-state index is 0.706. The lowest BCUT2D eigenvalue weighted by molar-refractivity contribution is 1.26. The molecule has 5 heteroatoms. The second-order valence-corrected chi connectivity index (χ2v) is 7.84. The van der Waals surface area contributed by atoms with Gasteiger partial charge in [-0.1, -0.05) is 74.3 Å². The normalized spacial score (nSPS) is 11.2. The molecule has 4 rings (SSSR count). The lowest BCUT2D eigenvalue weighted by atomic mass is 10.0. The quantitative estimate of drug-likeness (QED) is 0.255. The highest BCUT2D eigenvalue weighted by Crippen LogP contribution is 2.32. The summed E-state index contributed by atoms with van der Waals surface area (Å²) in [7, 11) is 0. The molecule has 0 saturated heterocycles. The maximum Gasteiger partial charge on any atom is 0.147 e. The third kappa shape index (κ3) is 4.26. The molecule has 0 aliphatic heterocycles. The van der Waals surface area contributed by atoms with Gasteiger partial charge in [-0.15, -0.1) is 0 Å². The maximum absolute atomic E-state index is 4.69. The number of rotatable bonds is 4. The van der Waals surface area contributed by atoms with Gasteiger partial charge in [0.1, 0.15) is 5.82 Å². The number of halogens is 2. The third-order valence-corrected chi connectivity index (χ3v) is 5.14. The third-order valence-electron chi connectivity index (χ3n) is 4.12. The number of pyridine rings is 1. The largest absolute Gasteiger partial charge is 0.261 e. The molecule has 0 aliphatic carbocycles. The topological polar surface area (TPSA) is 37.3 Å². The molecule has 4 aromatic rings. The Balaban J connectivity index is 1.71. The van der Waals surface area contributed by atoms with Gasteiger partial charge in [-0.25, -0.2) is 4.98 Å². The van der Waals surface area contributed by atoms with E-state index in [-0.39, 0.29) is 0 Å². The van der Waals surface area contributed by atoms with Crippen molar-refractivity contribution in [1.29, 1.82) is 0 Å². The summed E-state index contributed by atoms with van der Waals surface area (Å²) in [6.45, 7) is 0. The highest BCUT2D eigenvalue weighted by Gasteiger charge is 2.08. The molecule has 0 saturated carbocycles. The van der Waals surface area contributed by atoms with Crippen LogP contribution in [0.25, 0.3) is 22.0 Å². The number of fused-ring (bicyclic) bond motifs is 1. The number of benzene rings is 3. The number of aromatic nitrogens is 1. The average Bonchev–Trinajstić information content (AvgIpc) is 2.70. The lowest BCUT2D eigenvalue weighted by Crippen LogP contribution is -1.96. The van der Waals surface area contributed by atoms with Crippen molar-refractivity contribution in [1.82, 2.24) is 4.98 Å². The summed E-state index contributed by atoms with van der Waals surface area (Å²) in [5.74, 6) is 0.706. The molecule has 0 unspecified atom stereocenters. The van der Waals surface area contributed by atoms with Crippen LogP contribution in [0, 0.1) is 0 Å². The molecule has 1 heterocycles. The van der Waals surface area contributed by atoms with Gasteiger partial charge in [-0.05, 0) is 53.1 Å². The fourth-order valence-corrected chi connectivity index (χ4v) is 3.46. The van der Waals surface area contributed by atoms with E-state index in [9.17, 15) is 0 Å². The summed E-state index contributed by atoms with van der Waals surface area (Å²) in [6.07, 6.45) is 1.78. The van der Waals surface area contributed by atoms with Crippen molar-refractivity contribution in [3.05, 3.63) is 93.4 Å². The van der Waals surface area contributed by atoms with Crippen LogP contribution in [-0.2, 0) is 0 Å². The smallest absolute Gasteiger partial charge is 0.147 e. The highest BCUT2D eigenvalue weighted by molar-refractivity contribution is 9.10. The standard InChI is InChI=1S/C22H15Br2N3/c23-17-8-6-15(7-9-17)14-25-27-22-13-19(16-4-2-1-3-5-16)20-12-18(24)10-11-21(20)26-22/h1-14H,(H,26,27). The van der Waals surface area contributed by atoms with Gasteiger partial charge in [-0.2, -0.15) is 5.10 Å². The van der Waals surface area contributed by atoms with Crippen LogP contribution in [0.1, 0.15) is 5.56 Å². The molecule has 0 atom stereocenters. The molecule has 1 N–H and O–H groups in total. The van der Waals surface area contributed by atoms with E-state index >= 15 is 0 Å². The molecule has 3 nitrogen and oxygen atoms in total. The fourth-order valence-electron chi connectivity index (χ4n) is 2.83. The van der Waals surface area contributed by atoms with Crippen molar-refractivity contribution in [2.24, 2.45) is 5.10 Å². The van der Waals surface area contributed by atoms with Crippen molar-refractivity contribution in [3.8, 4) is 11.1 Å². The molecule has 1 aromatic heterocycles. The van der Waals surface area contributed by atoms with E-state index in [2.05, 4.69) is 60.6 Å². The van der Waals surface area contributed by atoms with Crippen LogP contribution < -0.4 is 5.43 Å². The molecule has 0 spiro atoms. The molecule has 0 radical (unpaired) electrons. The van der Waals surface area contributed by atoms with Crippen LogP contribution in [0.5, 0.6) is 0 Å². The van der Waals surface area contributed by atoms with Crippen LogP contribution in [0.3, 0.4) is 0 Å². The summed E-state index contributed by atoms with van der Waals surface area (Å²) in [4.78, 5) is 4.69. The van der Waals surface area contributed by atoms with E-state index in [4.69, 9.17) is 4.98 Å². The Hall–Kier alpha value is -2.50. The second kappa shape index (κ2) is 8.03. The van der Waals surface area contributed by atoms with Gasteiger partial charge in [0.2, 0.25) is 0 Å². The maximum atomic E-state index is 4.69. The Labute approximate surface area is 174 Å². The van der Waals surface area contributed by atoms with E-state index in [1.807, 2.05) is 60.7 Å². The van der Waals surface area contributed by atoms with Crippen LogP contribution in [0.15, 0.2) is 92.9 Å². The SMILES string of the molecule is Brc1ccc(C=NNc2cc(-c3ccccc3)c3cc(Br)ccc3n2)cc1. The first-order chi connectivity index (χ1) is 13.2. The average molecular weight is 481 g/mol. The van der Waals surface area contributed by atoms with Gasteiger partial charge in [0.15, 0.2) is 0 Å².